The van der Waals surface area contributed by atoms with E-state index in [2.05, 4.69) is 21.5 Å². The van der Waals surface area contributed by atoms with Crippen LogP contribution in [0.3, 0.4) is 0 Å². The van der Waals surface area contributed by atoms with Crippen molar-refractivity contribution in [3.05, 3.63) is 0 Å². The van der Waals surface area contributed by atoms with Crippen molar-refractivity contribution in [3.63, 3.8) is 0 Å². The van der Waals surface area contributed by atoms with Gasteiger partial charge in [0.15, 0.2) is 0 Å². The number of nitrogens with one attached hydrogen (secondary N) is 4. The molecule has 0 aromatic carbocycles. The van der Waals surface area contributed by atoms with E-state index >= 15 is 0 Å². The van der Waals surface area contributed by atoms with Gasteiger partial charge in [-0.25, -0.2) is 10.2 Å². The van der Waals surface area contributed by atoms with Crippen molar-refractivity contribution in [2.24, 2.45) is 5.92 Å². The fourth-order valence-electron chi connectivity index (χ4n) is 2.60. The largest absolute Gasteiger partial charge is 0.447 e. The van der Waals surface area contributed by atoms with Crippen LogP contribution in [0.4, 0.5) is 4.79 Å². The smallest absolute Gasteiger partial charge is 0.407 e. The average molecular weight is 416 g/mol. The maximum absolute atomic E-state index is 12.7. The van der Waals surface area contributed by atoms with Crippen molar-refractivity contribution in [1.82, 2.24) is 21.5 Å². The maximum atomic E-state index is 12.7. The molecule has 1 heterocycles. The molecule has 0 bridgehead atoms. The lowest BCUT2D eigenvalue weighted by Gasteiger charge is -2.24. The number of amides is 3. The standard InChI is InChI=1S/C18H32N4O7/c1-12(2)14(21-18(26)29-11-10-28-9-8-27-3)16(24)20-13-6-4-5-7-19-22-17(25)15(13)23/h12-14,19H,4-11H2,1-3H3,(H,20,24)(H,21,26)(H,22,25). The first kappa shape index (κ1) is 24.8. The SMILES string of the molecule is COCCOCCOC(=O)NC(C(=O)NC1CCCCNNC(=O)C1=O)C(C)C. The number of rotatable bonds is 10. The Morgan fingerprint density at radius 2 is 1.86 bits per heavy atom. The van der Waals surface area contributed by atoms with Gasteiger partial charge in [-0.15, -0.1) is 0 Å². The van der Waals surface area contributed by atoms with Crippen molar-refractivity contribution in [1.29, 1.82) is 0 Å². The van der Waals surface area contributed by atoms with Crippen LogP contribution in [-0.2, 0) is 28.6 Å². The Balaban J connectivity index is 2.56. The normalized spacial score (nSPS) is 18.8. The Hall–Kier alpha value is -2.24. The zero-order chi connectivity index (χ0) is 21.6. The number of hydrazine groups is 1. The molecule has 1 aliphatic heterocycles. The zero-order valence-corrected chi connectivity index (χ0v) is 17.2. The average Bonchev–Trinajstić information content (AvgIpc) is 2.75. The van der Waals surface area contributed by atoms with Crippen LogP contribution in [-0.4, -0.2) is 75.9 Å². The first-order chi connectivity index (χ1) is 13.9. The quantitative estimate of drug-likeness (QED) is 0.269. The predicted molar refractivity (Wildman–Crippen MR) is 103 cm³/mol. The number of hydrogen-bond acceptors (Lipinski definition) is 8. The number of Topliss-reactive ketones (excluding diaryl/α,β-unsaturated/α-hetero) is 1. The zero-order valence-electron chi connectivity index (χ0n) is 17.2. The molecule has 11 heteroatoms. The molecule has 0 saturated carbocycles. The lowest BCUT2D eigenvalue weighted by molar-refractivity contribution is -0.140. The number of methoxy groups -OCH3 is 1. The van der Waals surface area contributed by atoms with E-state index in [0.717, 1.165) is 6.42 Å². The third-order valence-corrected chi connectivity index (χ3v) is 4.22. The molecule has 2 unspecified atom stereocenters. The fraction of sp³-hybridized carbons (Fsp3) is 0.778. The summed E-state index contributed by atoms with van der Waals surface area (Å²) in [6, 6.07) is -1.87. The molecule has 1 aliphatic rings. The summed E-state index contributed by atoms with van der Waals surface area (Å²) in [6.45, 7) is 5.09. The minimum atomic E-state index is -0.948. The number of carbonyl (C=O) groups excluding carboxylic acids is 4. The molecule has 0 radical (unpaired) electrons. The monoisotopic (exact) mass is 416 g/mol. The Bertz CT molecular complexity index is 556. The summed E-state index contributed by atoms with van der Waals surface area (Å²) in [5.74, 6) is -2.35. The molecule has 1 rings (SSSR count). The van der Waals surface area contributed by atoms with E-state index in [-0.39, 0.29) is 19.1 Å². The summed E-state index contributed by atoms with van der Waals surface area (Å²) in [4.78, 5) is 48.7. The molecule has 0 aromatic rings. The molecular formula is C18H32N4O7. The van der Waals surface area contributed by atoms with Crippen LogP contribution in [0.15, 0.2) is 0 Å². The lowest BCUT2D eigenvalue weighted by atomic mass is 10.0. The van der Waals surface area contributed by atoms with E-state index in [4.69, 9.17) is 14.2 Å². The summed E-state index contributed by atoms with van der Waals surface area (Å²) in [5.41, 5.74) is 4.96. The summed E-state index contributed by atoms with van der Waals surface area (Å²) in [5, 5.41) is 5.08. The Labute approximate surface area is 170 Å². The first-order valence-corrected chi connectivity index (χ1v) is 9.74. The summed E-state index contributed by atoms with van der Waals surface area (Å²) in [6.07, 6.45) is 0.971. The topological polar surface area (TPSA) is 144 Å². The van der Waals surface area contributed by atoms with E-state index < -0.39 is 35.8 Å². The molecule has 29 heavy (non-hydrogen) atoms. The molecule has 0 aliphatic carbocycles. The first-order valence-electron chi connectivity index (χ1n) is 9.74. The van der Waals surface area contributed by atoms with Crippen molar-refractivity contribution >= 4 is 23.7 Å². The molecule has 2 atom stereocenters. The Morgan fingerprint density at radius 1 is 1.14 bits per heavy atom. The summed E-state index contributed by atoms with van der Waals surface area (Å²) < 4.78 is 15.0. The van der Waals surface area contributed by atoms with E-state index in [1.165, 1.54) is 0 Å². The minimum Gasteiger partial charge on any atom is -0.447 e. The Kier molecular flexibility index (Phi) is 11.8. The number of hydrogen-bond donors (Lipinski definition) is 4. The molecule has 4 N–H and O–H groups in total. The Morgan fingerprint density at radius 3 is 2.55 bits per heavy atom. The highest BCUT2D eigenvalue weighted by Crippen LogP contribution is 2.07. The minimum absolute atomic E-state index is 0.0241. The molecule has 166 valence electrons. The highest BCUT2D eigenvalue weighted by molar-refractivity contribution is 6.38. The maximum Gasteiger partial charge on any atom is 0.407 e. The van der Waals surface area contributed by atoms with Gasteiger partial charge in [0.05, 0.1) is 25.9 Å². The van der Waals surface area contributed by atoms with Crippen LogP contribution < -0.4 is 21.5 Å². The van der Waals surface area contributed by atoms with Gasteiger partial charge in [0.1, 0.15) is 12.6 Å². The second-order valence-electron chi connectivity index (χ2n) is 6.91. The third-order valence-electron chi connectivity index (χ3n) is 4.22. The van der Waals surface area contributed by atoms with Gasteiger partial charge in [0.25, 0.3) is 0 Å². The van der Waals surface area contributed by atoms with Gasteiger partial charge in [-0.3, -0.25) is 19.8 Å². The van der Waals surface area contributed by atoms with Gasteiger partial charge < -0.3 is 24.8 Å². The molecule has 11 nitrogen and oxygen atoms in total. The van der Waals surface area contributed by atoms with Crippen molar-refractivity contribution in [3.8, 4) is 0 Å². The van der Waals surface area contributed by atoms with Gasteiger partial charge in [-0.05, 0) is 25.2 Å². The number of ether oxygens (including phenoxy) is 3. The van der Waals surface area contributed by atoms with Gasteiger partial charge in [0.2, 0.25) is 11.7 Å². The third kappa shape index (κ3) is 9.68. The van der Waals surface area contributed by atoms with Crippen LogP contribution in [0.2, 0.25) is 0 Å². The van der Waals surface area contributed by atoms with Crippen molar-refractivity contribution in [2.75, 3.05) is 40.1 Å². The predicted octanol–water partition coefficient (Wildman–Crippen LogP) is -0.741. The van der Waals surface area contributed by atoms with Gasteiger partial charge in [0, 0.05) is 13.7 Å². The van der Waals surface area contributed by atoms with Crippen LogP contribution >= 0.6 is 0 Å². The van der Waals surface area contributed by atoms with Crippen molar-refractivity contribution in [2.45, 2.75) is 45.2 Å². The van der Waals surface area contributed by atoms with Crippen molar-refractivity contribution < 1.29 is 33.4 Å². The molecule has 0 aromatic heterocycles. The second-order valence-corrected chi connectivity index (χ2v) is 6.91. The number of alkyl carbamates (subject to hydrolysis) is 1. The molecule has 1 fully saturated rings. The molecule has 0 spiro atoms. The molecule has 1 saturated heterocycles. The highest BCUT2D eigenvalue weighted by atomic mass is 16.6. The van der Waals surface area contributed by atoms with E-state index in [1.54, 1.807) is 21.0 Å². The summed E-state index contributed by atoms with van der Waals surface area (Å²) in [7, 11) is 1.56. The van der Waals surface area contributed by atoms with E-state index in [9.17, 15) is 19.2 Å². The van der Waals surface area contributed by atoms with Gasteiger partial charge >= 0.3 is 12.0 Å². The molecule has 3 amide bonds. The molecular weight excluding hydrogens is 384 g/mol. The fourth-order valence-corrected chi connectivity index (χ4v) is 2.60. The lowest BCUT2D eigenvalue weighted by Crippen LogP contribution is -2.56. The second kappa shape index (κ2) is 13.9. The van der Waals surface area contributed by atoms with Gasteiger partial charge in [-0.2, -0.15) is 0 Å². The summed E-state index contributed by atoms with van der Waals surface area (Å²) >= 11 is 0. The van der Waals surface area contributed by atoms with Crippen LogP contribution in [0.5, 0.6) is 0 Å². The van der Waals surface area contributed by atoms with E-state index in [0.29, 0.717) is 32.6 Å². The van der Waals surface area contributed by atoms with E-state index in [1.807, 2.05) is 0 Å². The van der Waals surface area contributed by atoms with Gasteiger partial charge in [-0.1, -0.05) is 13.8 Å². The highest BCUT2D eigenvalue weighted by Gasteiger charge is 2.31. The number of carbonyl (C=O) groups is 4. The van der Waals surface area contributed by atoms with Crippen LogP contribution in [0, 0.1) is 5.92 Å². The van der Waals surface area contributed by atoms with Crippen LogP contribution in [0.1, 0.15) is 33.1 Å². The van der Waals surface area contributed by atoms with Crippen LogP contribution in [0.25, 0.3) is 0 Å². The number of ketones is 1.